The second kappa shape index (κ2) is 9.30. The van der Waals surface area contributed by atoms with Gasteiger partial charge in [-0.2, -0.15) is 8.78 Å². The highest BCUT2D eigenvalue weighted by atomic mass is 35.5. The van der Waals surface area contributed by atoms with Crippen LogP contribution in [-0.4, -0.2) is 50.7 Å². The SMILES string of the molecule is Cl.O=C(c1ccc(CS(=O)(=O)C(F)F)cc1)N1CCC(NCC2CC2)CC1. The van der Waals surface area contributed by atoms with E-state index in [-0.39, 0.29) is 23.9 Å². The first-order chi connectivity index (χ1) is 12.3. The van der Waals surface area contributed by atoms with Gasteiger partial charge in [-0.05, 0) is 55.8 Å². The lowest BCUT2D eigenvalue weighted by atomic mass is 10.0. The van der Waals surface area contributed by atoms with Crippen LogP contribution in [0.25, 0.3) is 0 Å². The molecule has 152 valence electrons. The van der Waals surface area contributed by atoms with Crippen LogP contribution in [0.5, 0.6) is 0 Å². The van der Waals surface area contributed by atoms with Crippen LogP contribution in [0.2, 0.25) is 0 Å². The number of halogens is 3. The largest absolute Gasteiger partial charge is 0.339 e. The molecule has 1 heterocycles. The number of likely N-dealkylation sites (tertiary alicyclic amines) is 1. The van der Waals surface area contributed by atoms with Crippen molar-refractivity contribution in [2.75, 3.05) is 19.6 Å². The van der Waals surface area contributed by atoms with E-state index in [1.807, 2.05) is 0 Å². The summed E-state index contributed by atoms with van der Waals surface area (Å²) in [7, 11) is -4.45. The summed E-state index contributed by atoms with van der Waals surface area (Å²) in [4.78, 5) is 14.3. The number of hydrogen-bond acceptors (Lipinski definition) is 4. The number of nitrogens with zero attached hydrogens (tertiary/aromatic N) is 1. The molecule has 5 nitrogen and oxygen atoms in total. The number of amides is 1. The van der Waals surface area contributed by atoms with Gasteiger partial charge in [-0.25, -0.2) is 8.42 Å². The Labute approximate surface area is 164 Å². The van der Waals surface area contributed by atoms with Crippen LogP contribution in [0.3, 0.4) is 0 Å². The van der Waals surface area contributed by atoms with Crippen molar-refractivity contribution in [2.24, 2.45) is 5.92 Å². The average molecular weight is 423 g/mol. The van der Waals surface area contributed by atoms with Crippen LogP contribution in [0, 0.1) is 5.92 Å². The van der Waals surface area contributed by atoms with Crippen LogP contribution in [0.4, 0.5) is 8.78 Å². The predicted molar refractivity (Wildman–Crippen MR) is 102 cm³/mol. The molecule has 2 fully saturated rings. The van der Waals surface area contributed by atoms with Crippen molar-refractivity contribution in [1.29, 1.82) is 0 Å². The second-order valence-corrected chi connectivity index (χ2v) is 9.15. The molecule has 1 aromatic rings. The Morgan fingerprint density at radius 2 is 1.70 bits per heavy atom. The van der Waals surface area contributed by atoms with Gasteiger partial charge in [0.1, 0.15) is 0 Å². The highest BCUT2D eigenvalue weighted by Gasteiger charge is 2.27. The minimum Gasteiger partial charge on any atom is -0.339 e. The van der Waals surface area contributed by atoms with Gasteiger partial charge in [-0.1, -0.05) is 12.1 Å². The van der Waals surface area contributed by atoms with Gasteiger partial charge in [0, 0.05) is 24.7 Å². The number of sulfone groups is 1. The van der Waals surface area contributed by atoms with Gasteiger partial charge in [0.05, 0.1) is 5.75 Å². The van der Waals surface area contributed by atoms with E-state index in [4.69, 9.17) is 0 Å². The smallest absolute Gasteiger partial charge is 0.337 e. The van der Waals surface area contributed by atoms with E-state index < -0.39 is 21.3 Å². The Morgan fingerprint density at radius 3 is 2.22 bits per heavy atom. The van der Waals surface area contributed by atoms with Crippen molar-refractivity contribution < 1.29 is 22.0 Å². The highest BCUT2D eigenvalue weighted by Crippen LogP contribution is 2.28. The van der Waals surface area contributed by atoms with E-state index in [1.165, 1.54) is 37.1 Å². The molecule has 0 unspecified atom stereocenters. The molecule has 1 saturated carbocycles. The summed E-state index contributed by atoms with van der Waals surface area (Å²) < 4.78 is 47.4. The molecule has 0 radical (unpaired) electrons. The van der Waals surface area contributed by atoms with Gasteiger partial charge in [0.25, 0.3) is 5.91 Å². The Hall–Kier alpha value is -1.25. The lowest BCUT2D eigenvalue weighted by Gasteiger charge is -2.32. The number of benzene rings is 1. The molecular formula is C18H25ClF2N2O3S. The lowest BCUT2D eigenvalue weighted by Crippen LogP contribution is -2.45. The summed E-state index contributed by atoms with van der Waals surface area (Å²) in [5.74, 6) is -3.38. The van der Waals surface area contributed by atoms with E-state index in [0.717, 1.165) is 25.3 Å². The molecule has 0 atom stereocenters. The minimum absolute atomic E-state index is 0. The van der Waals surface area contributed by atoms with E-state index in [9.17, 15) is 22.0 Å². The van der Waals surface area contributed by atoms with Gasteiger partial charge in [-0.3, -0.25) is 4.79 Å². The molecular weight excluding hydrogens is 398 g/mol. The lowest BCUT2D eigenvalue weighted by molar-refractivity contribution is 0.0705. The van der Waals surface area contributed by atoms with Crippen molar-refractivity contribution in [3.63, 3.8) is 0 Å². The van der Waals surface area contributed by atoms with Gasteiger partial charge >= 0.3 is 5.76 Å². The van der Waals surface area contributed by atoms with Crippen molar-refractivity contribution >= 4 is 28.2 Å². The maximum Gasteiger partial charge on any atom is 0.337 e. The normalized spacial score (nSPS) is 18.4. The van der Waals surface area contributed by atoms with Crippen LogP contribution in [-0.2, 0) is 15.6 Å². The van der Waals surface area contributed by atoms with Crippen molar-refractivity contribution in [3.05, 3.63) is 35.4 Å². The summed E-state index contributed by atoms with van der Waals surface area (Å²) in [5, 5.41) is 3.56. The van der Waals surface area contributed by atoms with Gasteiger partial charge in [0.15, 0.2) is 0 Å². The molecule has 0 bridgehead atoms. The van der Waals surface area contributed by atoms with E-state index in [0.29, 0.717) is 24.7 Å². The highest BCUT2D eigenvalue weighted by molar-refractivity contribution is 7.90. The zero-order valence-electron chi connectivity index (χ0n) is 14.9. The standard InChI is InChI=1S/C18H24F2N2O3S.ClH/c19-18(20)26(24,25)12-14-3-5-15(6-4-14)17(23)22-9-7-16(8-10-22)21-11-13-1-2-13;/h3-6,13,16,18,21H,1-2,7-12H2;1H. The summed E-state index contributed by atoms with van der Waals surface area (Å²) in [6.45, 7) is 2.44. The molecule has 0 aromatic heterocycles. The molecule has 3 rings (SSSR count). The second-order valence-electron chi connectivity index (χ2n) is 7.18. The third kappa shape index (κ3) is 6.12. The first-order valence-electron chi connectivity index (χ1n) is 8.96. The minimum atomic E-state index is -4.45. The Bertz CT molecular complexity index is 731. The molecule has 2 aliphatic rings. The quantitative estimate of drug-likeness (QED) is 0.733. The van der Waals surface area contributed by atoms with E-state index >= 15 is 0 Å². The fourth-order valence-electron chi connectivity index (χ4n) is 3.16. The maximum atomic E-state index is 12.6. The summed E-state index contributed by atoms with van der Waals surface area (Å²) in [6, 6.07) is 6.34. The number of nitrogens with one attached hydrogen (secondary N) is 1. The van der Waals surface area contributed by atoms with Crippen molar-refractivity contribution in [1.82, 2.24) is 10.2 Å². The molecule has 1 saturated heterocycles. The number of hydrogen-bond donors (Lipinski definition) is 1. The van der Waals surface area contributed by atoms with Gasteiger partial charge in [0.2, 0.25) is 9.84 Å². The Kier molecular flexibility index (Phi) is 7.59. The number of carbonyl (C=O) groups excluding carboxylic acids is 1. The first kappa shape index (κ1) is 22.0. The van der Waals surface area contributed by atoms with Crippen LogP contribution >= 0.6 is 12.4 Å². The van der Waals surface area contributed by atoms with Crippen LogP contribution in [0.1, 0.15) is 41.6 Å². The summed E-state index contributed by atoms with van der Waals surface area (Å²) >= 11 is 0. The Morgan fingerprint density at radius 1 is 1.11 bits per heavy atom. The summed E-state index contributed by atoms with van der Waals surface area (Å²) in [5.41, 5.74) is 0.706. The third-order valence-electron chi connectivity index (χ3n) is 5.01. The molecule has 0 spiro atoms. The molecule has 1 aromatic carbocycles. The monoisotopic (exact) mass is 422 g/mol. The fourth-order valence-corrected chi connectivity index (χ4v) is 3.95. The fraction of sp³-hybridized carbons (Fsp3) is 0.611. The summed E-state index contributed by atoms with van der Waals surface area (Å²) in [6.07, 6.45) is 4.48. The Balaban J connectivity index is 0.00000261. The van der Waals surface area contributed by atoms with Crippen LogP contribution < -0.4 is 5.32 Å². The number of rotatable bonds is 7. The zero-order valence-corrected chi connectivity index (χ0v) is 16.6. The topological polar surface area (TPSA) is 66.5 Å². The predicted octanol–water partition coefficient (Wildman–Crippen LogP) is 2.85. The molecule has 9 heteroatoms. The third-order valence-corrected chi connectivity index (χ3v) is 6.29. The van der Waals surface area contributed by atoms with Gasteiger partial charge in [-0.15, -0.1) is 12.4 Å². The molecule has 1 aliphatic carbocycles. The number of alkyl halides is 2. The van der Waals surface area contributed by atoms with E-state index in [2.05, 4.69) is 5.32 Å². The molecule has 1 aliphatic heterocycles. The molecule has 1 amide bonds. The first-order valence-corrected chi connectivity index (χ1v) is 10.7. The van der Waals surface area contributed by atoms with E-state index in [1.54, 1.807) is 4.90 Å². The number of carbonyl (C=O) groups is 1. The maximum absolute atomic E-state index is 12.6. The van der Waals surface area contributed by atoms with Crippen molar-refractivity contribution in [2.45, 2.75) is 43.2 Å². The zero-order chi connectivity index (χ0) is 18.7. The van der Waals surface area contributed by atoms with Gasteiger partial charge < -0.3 is 10.2 Å². The van der Waals surface area contributed by atoms with Crippen molar-refractivity contribution in [3.8, 4) is 0 Å². The molecule has 27 heavy (non-hydrogen) atoms. The molecule has 1 N–H and O–H groups in total. The average Bonchev–Trinajstić information content (AvgIpc) is 3.44. The number of piperidine rings is 1. The van der Waals surface area contributed by atoms with Crippen LogP contribution in [0.15, 0.2) is 24.3 Å².